The lowest BCUT2D eigenvalue weighted by atomic mass is 9.86. The molecule has 4 unspecified atom stereocenters. The summed E-state index contributed by atoms with van der Waals surface area (Å²) in [5, 5.41) is 3.41. The van der Waals surface area contributed by atoms with E-state index in [1.165, 1.54) is 13.0 Å². The van der Waals surface area contributed by atoms with Gasteiger partial charge in [0.15, 0.2) is 9.84 Å². The van der Waals surface area contributed by atoms with Gasteiger partial charge in [-0.3, -0.25) is 4.90 Å². The Morgan fingerprint density at radius 2 is 2.00 bits per heavy atom. The van der Waals surface area contributed by atoms with E-state index < -0.39 is 9.84 Å². The maximum absolute atomic E-state index is 11.4. The molecule has 2 aliphatic rings. The van der Waals surface area contributed by atoms with Gasteiger partial charge in [0.1, 0.15) is 0 Å². The molecular weight excluding hydrogens is 260 g/mol. The molecule has 19 heavy (non-hydrogen) atoms. The molecule has 1 N–H and O–H groups in total. The third-order valence-corrected chi connectivity index (χ3v) is 6.55. The molecule has 2 saturated heterocycles. The largest absolute Gasteiger partial charge is 0.312 e. The van der Waals surface area contributed by atoms with Crippen molar-refractivity contribution in [3.8, 4) is 0 Å². The van der Waals surface area contributed by atoms with Crippen molar-refractivity contribution in [3.05, 3.63) is 0 Å². The molecule has 112 valence electrons. The van der Waals surface area contributed by atoms with Crippen molar-refractivity contribution in [2.24, 2.45) is 11.8 Å². The molecule has 0 radical (unpaired) electrons. The van der Waals surface area contributed by atoms with Crippen LogP contribution in [0, 0.1) is 11.8 Å². The summed E-state index contributed by atoms with van der Waals surface area (Å²) in [4.78, 5) is 2.55. The topological polar surface area (TPSA) is 49.4 Å². The van der Waals surface area contributed by atoms with Crippen molar-refractivity contribution < 1.29 is 8.42 Å². The molecule has 5 heteroatoms. The van der Waals surface area contributed by atoms with Crippen molar-refractivity contribution in [2.45, 2.75) is 45.7 Å². The molecule has 0 aliphatic carbocycles. The fourth-order valence-corrected chi connectivity index (χ4v) is 5.20. The fraction of sp³-hybridized carbons (Fsp3) is 1.00. The number of hydrogen-bond donors (Lipinski definition) is 1. The fourth-order valence-electron chi connectivity index (χ4n) is 3.50. The highest BCUT2D eigenvalue weighted by molar-refractivity contribution is 7.91. The third-order valence-electron chi connectivity index (χ3n) is 4.78. The summed E-state index contributed by atoms with van der Waals surface area (Å²) < 4.78 is 22.8. The molecule has 2 rings (SSSR count). The highest BCUT2D eigenvalue weighted by Gasteiger charge is 2.30. The van der Waals surface area contributed by atoms with Crippen molar-refractivity contribution in [3.63, 3.8) is 0 Å². The molecule has 2 fully saturated rings. The normalized spacial score (nSPS) is 39.5. The number of likely N-dealkylation sites (tertiary alicyclic amines) is 1. The van der Waals surface area contributed by atoms with Crippen molar-refractivity contribution >= 4 is 9.84 Å². The molecule has 4 atom stereocenters. The van der Waals surface area contributed by atoms with Gasteiger partial charge in [0.25, 0.3) is 0 Å². The Balaban J connectivity index is 1.73. The maximum atomic E-state index is 11.4. The molecular formula is C14H28N2O2S. The monoisotopic (exact) mass is 288 g/mol. The number of sulfone groups is 1. The Morgan fingerprint density at radius 1 is 1.26 bits per heavy atom. The summed E-state index contributed by atoms with van der Waals surface area (Å²) in [6.07, 6.45) is 2.11. The van der Waals surface area contributed by atoms with Crippen LogP contribution in [0.15, 0.2) is 0 Å². The molecule has 0 spiro atoms. The summed E-state index contributed by atoms with van der Waals surface area (Å²) >= 11 is 0. The van der Waals surface area contributed by atoms with Gasteiger partial charge in [-0.15, -0.1) is 0 Å². The number of piperidine rings is 1. The van der Waals surface area contributed by atoms with Gasteiger partial charge in [-0.05, 0) is 31.6 Å². The highest BCUT2D eigenvalue weighted by Crippen LogP contribution is 2.26. The number of rotatable bonds is 4. The number of nitrogens with one attached hydrogen (secondary N) is 1. The summed E-state index contributed by atoms with van der Waals surface area (Å²) in [5.41, 5.74) is 0. The van der Waals surface area contributed by atoms with Crippen molar-refractivity contribution in [1.29, 1.82) is 0 Å². The first-order chi connectivity index (χ1) is 8.87. The Morgan fingerprint density at radius 3 is 2.63 bits per heavy atom. The highest BCUT2D eigenvalue weighted by atomic mass is 32.2. The zero-order chi connectivity index (χ0) is 14.0. The van der Waals surface area contributed by atoms with Crippen LogP contribution < -0.4 is 5.32 Å². The van der Waals surface area contributed by atoms with E-state index in [2.05, 4.69) is 31.0 Å². The van der Waals surface area contributed by atoms with Crippen LogP contribution in [-0.4, -0.2) is 56.5 Å². The predicted molar refractivity (Wildman–Crippen MR) is 79.0 cm³/mol. The maximum Gasteiger partial charge on any atom is 0.151 e. The Hall–Kier alpha value is -0.130. The van der Waals surface area contributed by atoms with Crippen LogP contribution in [0.25, 0.3) is 0 Å². The van der Waals surface area contributed by atoms with Crippen molar-refractivity contribution in [1.82, 2.24) is 10.2 Å². The van der Waals surface area contributed by atoms with E-state index in [0.717, 1.165) is 31.3 Å². The minimum atomic E-state index is -2.76. The second-order valence-corrected chi connectivity index (χ2v) is 8.84. The Labute approximate surface area is 117 Å². The molecule has 0 bridgehead atoms. The van der Waals surface area contributed by atoms with E-state index in [1.54, 1.807) is 0 Å². The van der Waals surface area contributed by atoms with E-state index in [1.807, 2.05) is 0 Å². The van der Waals surface area contributed by atoms with Gasteiger partial charge in [0, 0.05) is 31.7 Å². The van der Waals surface area contributed by atoms with Gasteiger partial charge in [0.2, 0.25) is 0 Å². The summed E-state index contributed by atoms with van der Waals surface area (Å²) in [6.45, 7) is 10.1. The third kappa shape index (κ3) is 4.17. The van der Waals surface area contributed by atoms with E-state index in [4.69, 9.17) is 0 Å². The standard InChI is InChI=1S/C14H28N2O2S/c1-11-8-12(2)13(3)16(9-11)6-5-15-14-4-7-19(17,18)10-14/h11-15H,4-10H2,1-3H3. The van der Waals surface area contributed by atoms with E-state index in [-0.39, 0.29) is 6.04 Å². The minimum absolute atomic E-state index is 0.181. The van der Waals surface area contributed by atoms with Gasteiger partial charge in [-0.25, -0.2) is 8.42 Å². The van der Waals surface area contributed by atoms with Crippen LogP contribution in [0.2, 0.25) is 0 Å². The van der Waals surface area contributed by atoms with Gasteiger partial charge in [0.05, 0.1) is 11.5 Å². The first-order valence-electron chi connectivity index (χ1n) is 7.55. The van der Waals surface area contributed by atoms with Crippen LogP contribution in [0.5, 0.6) is 0 Å². The zero-order valence-corrected chi connectivity index (χ0v) is 13.2. The lowest BCUT2D eigenvalue weighted by molar-refractivity contribution is 0.0802. The SMILES string of the molecule is CC1CC(C)C(C)N(CCNC2CCS(=O)(=O)C2)C1. The lowest BCUT2D eigenvalue weighted by Gasteiger charge is -2.41. The Bertz CT molecular complexity index is 396. The van der Waals surface area contributed by atoms with Crippen LogP contribution >= 0.6 is 0 Å². The lowest BCUT2D eigenvalue weighted by Crippen LogP contribution is -2.48. The van der Waals surface area contributed by atoms with E-state index in [9.17, 15) is 8.42 Å². The van der Waals surface area contributed by atoms with Crippen LogP contribution in [0.4, 0.5) is 0 Å². The molecule has 0 aromatic rings. The second kappa shape index (κ2) is 6.10. The smallest absolute Gasteiger partial charge is 0.151 e. The van der Waals surface area contributed by atoms with Crippen LogP contribution in [0.3, 0.4) is 0 Å². The summed E-state index contributed by atoms with van der Waals surface area (Å²) in [7, 11) is -2.76. The van der Waals surface area contributed by atoms with Crippen LogP contribution in [0.1, 0.15) is 33.6 Å². The Kier molecular flexibility index (Phi) is 4.90. The van der Waals surface area contributed by atoms with Gasteiger partial charge < -0.3 is 5.32 Å². The van der Waals surface area contributed by atoms with E-state index in [0.29, 0.717) is 17.5 Å². The van der Waals surface area contributed by atoms with E-state index >= 15 is 0 Å². The predicted octanol–water partition coefficient (Wildman–Crippen LogP) is 1.13. The molecule has 0 saturated carbocycles. The average molecular weight is 288 g/mol. The molecule has 0 aromatic heterocycles. The number of hydrogen-bond acceptors (Lipinski definition) is 4. The molecule has 0 amide bonds. The van der Waals surface area contributed by atoms with Gasteiger partial charge in [-0.1, -0.05) is 13.8 Å². The van der Waals surface area contributed by atoms with Gasteiger partial charge in [-0.2, -0.15) is 0 Å². The first-order valence-corrected chi connectivity index (χ1v) is 9.37. The zero-order valence-electron chi connectivity index (χ0n) is 12.4. The molecule has 4 nitrogen and oxygen atoms in total. The average Bonchev–Trinajstić information content (AvgIpc) is 2.65. The van der Waals surface area contributed by atoms with Gasteiger partial charge >= 0.3 is 0 Å². The molecule has 2 aliphatic heterocycles. The minimum Gasteiger partial charge on any atom is -0.312 e. The van der Waals surface area contributed by atoms with Crippen LogP contribution in [-0.2, 0) is 9.84 Å². The number of nitrogens with zero attached hydrogens (tertiary/aromatic N) is 1. The quantitative estimate of drug-likeness (QED) is 0.842. The molecule has 0 aromatic carbocycles. The molecule has 2 heterocycles. The van der Waals surface area contributed by atoms with Crippen molar-refractivity contribution in [2.75, 3.05) is 31.1 Å². The summed E-state index contributed by atoms with van der Waals surface area (Å²) in [6, 6.07) is 0.824. The second-order valence-electron chi connectivity index (χ2n) is 6.61. The summed E-state index contributed by atoms with van der Waals surface area (Å²) in [5.74, 6) is 2.22. The first kappa shape index (κ1) is 15.3.